The summed E-state index contributed by atoms with van der Waals surface area (Å²) < 4.78 is 13.8. The predicted molar refractivity (Wildman–Crippen MR) is 74.8 cm³/mol. The summed E-state index contributed by atoms with van der Waals surface area (Å²) in [5, 5.41) is 4.49. The molecule has 9 nitrogen and oxygen atoms in total. The van der Waals surface area contributed by atoms with Gasteiger partial charge < -0.3 is 24.8 Å². The smallest absolute Gasteiger partial charge is 0.408 e. The first-order valence-electron chi connectivity index (χ1n) is 6.50. The van der Waals surface area contributed by atoms with Gasteiger partial charge in [-0.3, -0.25) is 9.59 Å². The van der Waals surface area contributed by atoms with Crippen molar-refractivity contribution in [1.82, 2.24) is 10.6 Å². The Kier molecular flexibility index (Phi) is 7.92. The fourth-order valence-electron chi connectivity index (χ4n) is 1.30. The molecule has 0 aliphatic carbocycles. The molecule has 1 unspecified atom stereocenters. The van der Waals surface area contributed by atoms with Crippen LogP contribution in [-0.4, -0.2) is 56.3 Å². The average molecular weight is 318 g/mol. The third-order valence-electron chi connectivity index (χ3n) is 2.21. The number of hydrogen-bond donors (Lipinski definition) is 2. The van der Waals surface area contributed by atoms with E-state index < -0.39 is 42.1 Å². The number of rotatable bonds is 6. The summed E-state index contributed by atoms with van der Waals surface area (Å²) in [7, 11) is 2.28. The Morgan fingerprint density at radius 1 is 1.05 bits per heavy atom. The summed E-state index contributed by atoms with van der Waals surface area (Å²) in [6.07, 6.45) is -1.15. The van der Waals surface area contributed by atoms with E-state index in [0.29, 0.717) is 0 Å². The van der Waals surface area contributed by atoms with Gasteiger partial charge in [-0.15, -0.1) is 0 Å². The number of amides is 2. The molecule has 0 heterocycles. The molecule has 0 aliphatic heterocycles. The Bertz CT molecular complexity index is 429. The van der Waals surface area contributed by atoms with Gasteiger partial charge in [0.05, 0.1) is 20.6 Å². The maximum Gasteiger partial charge on any atom is 0.408 e. The first-order chi connectivity index (χ1) is 10.1. The molecule has 0 aromatic rings. The minimum absolute atomic E-state index is 0.374. The standard InChI is InChI=1S/C13H22N2O7/c1-13(2,3)22-12(19)14-7-9(16)15-8(11(18)21-5)6-10(17)20-4/h8H,6-7H2,1-5H3,(H,14,19)(H,15,16). The Balaban J connectivity index is 4.42. The molecule has 9 heteroatoms. The van der Waals surface area contributed by atoms with Gasteiger partial charge in [0.25, 0.3) is 0 Å². The number of carbonyl (C=O) groups excluding carboxylic acids is 4. The van der Waals surface area contributed by atoms with Crippen molar-refractivity contribution < 1.29 is 33.4 Å². The molecule has 0 radical (unpaired) electrons. The van der Waals surface area contributed by atoms with Crippen LogP contribution in [0.1, 0.15) is 27.2 Å². The molecule has 0 fully saturated rings. The van der Waals surface area contributed by atoms with Crippen molar-refractivity contribution in [3.63, 3.8) is 0 Å². The van der Waals surface area contributed by atoms with E-state index in [1.807, 2.05) is 0 Å². The van der Waals surface area contributed by atoms with E-state index in [9.17, 15) is 19.2 Å². The zero-order valence-electron chi connectivity index (χ0n) is 13.3. The fraction of sp³-hybridized carbons (Fsp3) is 0.692. The topological polar surface area (TPSA) is 120 Å². The molecule has 0 saturated carbocycles. The van der Waals surface area contributed by atoms with Crippen LogP contribution in [0.4, 0.5) is 4.79 Å². The number of alkyl carbamates (subject to hydrolysis) is 1. The maximum atomic E-state index is 11.7. The summed E-state index contributed by atoms with van der Waals surface area (Å²) in [5.41, 5.74) is -0.694. The van der Waals surface area contributed by atoms with Gasteiger partial charge in [-0.05, 0) is 20.8 Å². The number of nitrogens with one attached hydrogen (secondary N) is 2. The first kappa shape index (κ1) is 19.7. The fourth-order valence-corrected chi connectivity index (χ4v) is 1.30. The van der Waals surface area contributed by atoms with Gasteiger partial charge in [-0.1, -0.05) is 0 Å². The van der Waals surface area contributed by atoms with Gasteiger partial charge in [-0.25, -0.2) is 9.59 Å². The predicted octanol–water partition coefficient (Wildman–Crippen LogP) is -0.268. The summed E-state index contributed by atoms with van der Waals surface area (Å²) >= 11 is 0. The average Bonchev–Trinajstić information content (AvgIpc) is 2.41. The van der Waals surface area contributed by atoms with Gasteiger partial charge in [-0.2, -0.15) is 0 Å². The van der Waals surface area contributed by atoms with Crippen LogP contribution in [0.3, 0.4) is 0 Å². The van der Waals surface area contributed by atoms with Crippen molar-refractivity contribution in [2.24, 2.45) is 0 Å². The van der Waals surface area contributed by atoms with Crippen molar-refractivity contribution >= 4 is 23.9 Å². The van der Waals surface area contributed by atoms with Gasteiger partial charge in [0.1, 0.15) is 18.2 Å². The maximum absolute atomic E-state index is 11.7. The van der Waals surface area contributed by atoms with E-state index in [1.54, 1.807) is 20.8 Å². The van der Waals surface area contributed by atoms with E-state index in [-0.39, 0.29) is 6.42 Å². The lowest BCUT2D eigenvalue weighted by molar-refractivity contribution is -0.150. The van der Waals surface area contributed by atoms with Crippen LogP contribution >= 0.6 is 0 Å². The molecule has 0 spiro atoms. The summed E-state index contributed by atoms with van der Waals surface area (Å²) in [6, 6.07) is -1.19. The molecule has 126 valence electrons. The highest BCUT2D eigenvalue weighted by molar-refractivity contribution is 5.89. The van der Waals surface area contributed by atoms with Crippen molar-refractivity contribution in [3.8, 4) is 0 Å². The SMILES string of the molecule is COC(=O)CC(NC(=O)CNC(=O)OC(C)(C)C)C(=O)OC. The zero-order chi connectivity index (χ0) is 17.3. The van der Waals surface area contributed by atoms with E-state index in [2.05, 4.69) is 20.1 Å². The van der Waals surface area contributed by atoms with Crippen LogP contribution in [0.5, 0.6) is 0 Å². The Morgan fingerprint density at radius 3 is 2.09 bits per heavy atom. The van der Waals surface area contributed by atoms with Gasteiger partial charge in [0, 0.05) is 0 Å². The summed E-state index contributed by atoms with van der Waals surface area (Å²) in [6.45, 7) is 4.62. The minimum Gasteiger partial charge on any atom is -0.469 e. The molecule has 0 saturated heterocycles. The number of hydrogen-bond acceptors (Lipinski definition) is 7. The monoisotopic (exact) mass is 318 g/mol. The molecule has 0 aromatic heterocycles. The Hall–Kier alpha value is -2.32. The Morgan fingerprint density at radius 2 is 1.64 bits per heavy atom. The molecule has 0 aliphatic rings. The van der Waals surface area contributed by atoms with Gasteiger partial charge in [0.15, 0.2) is 0 Å². The lowest BCUT2D eigenvalue weighted by Crippen LogP contribution is -2.47. The number of ether oxygens (including phenoxy) is 3. The summed E-state index contributed by atoms with van der Waals surface area (Å²) in [5.74, 6) is -2.16. The quantitative estimate of drug-likeness (QED) is 0.511. The molecule has 0 bridgehead atoms. The minimum atomic E-state index is -1.19. The highest BCUT2D eigenvalue weighted by Gasteiger charge is 2.25. The van der Waals surface area contributed by atoms with Gasteiger partial charge in [0.2, 0.25) is 5.91 Å². The van der Waals surface area contributed by atoms with Crippen LogP contribution in [0.15, 0.2) is 0 Å². The molecule has 22 heavy (non-hydrogen) atoms. The molecule has 0 aromatic carbocycles. The van der Waals surface area contributed by atoms with Crippen LogP contribution in [0, 0.1) is 0 Å². The summed E-state index contributed by atoms with van der Waals surface area (Å²) in [4.78, 5) is 45.7. The zero-order valence-corrected chi connectivity index (χ0v) is 13.3. The van der Waals surface area contributed by atoms with E-state index in [0.717, 1.165) is 14.2 Å². The highest BCUT2D eigenvalue weighted by Crippen LogP contribution is 2.06. The second kappa shape index (κ2) is 8.85. The largest absolute Gasteiger partial charge is 0.469 e. The third-order valence-corrected chi connectivity index (χ3v) is 2.21. The van der Waals surface area contributed by atoms with Crippen molar-refractivity contribution in [1.29, 1.82) is 0 Å². The van der Waals surface area contributed by atoms with E-state index >= 15 is 0 Å². The normalized spacial score (nSPS) is 11.9. The van der Waals surface area contributed by atoms with E-state index in [1.165, 1.54) is 0 Å². The Labute approximate surface area is 128 Å². The molecule has 1 atom stereocenters. The molecular weight excluding hydrogens is 296 g/mol. The second-order valence-corrected chi connectivity index (χ2v) is 5.28. The van der Waals surface area contributed by atoms with Crippen LogP contribution in [0.2, 0.25) is 0 Å². The number of methoxy groups -OCH3 is 2. The first-order valence-corrected chi connectivity index (χ1v) is 6.50. The highest BCUT2D eigenvalue weighted by atomic mass is 16.6. The number of esters is 2. The lowest BCUT2D eigenvalue weighted by Gasteiger charge is -2.20. The molecular formula is C13H22N2O7. The second-order valence-electron chi connectivity index (χ2n) is 5.28. The third kappa shape index (κ3) is 8.77. The van der Waals surface area contributed by atoms with Crippen LogP contribution in [-0.2, 0) is 28.6 Å². The molecule has 2 amide bonds. The van der Waals surface area contributed by atoms with E-state index in [4.69, 9.17) is 4.74 Å². The lowest BCUT2D eigenvalue weighted by atomic mass is 10.2. The van der Waals surface area contributed by atoms with Crippen molar-refractivity contribution in [2.75, 3.05) is 20.8 Å². The van der Waals surface area contributed by atoms with Crippen LogP contribution < -0.4 is 10.6 Å². The molecule has 0 rings (SSSR count). The van der Waals surface area contributed by atoms with Crippen LogP contribution in [0.25, 0.3) is 0 Å². The molecule has 2 N–H and O–H groups in total. The van der Waals surface area contributed by atoms with Crippen molar-refractivity contribution in [3.05, 3.63) is 0 Å². The number of carbonyl (C=O) groups is 4. The van der Waals surface area contributed by atoms with Gasteiger partial charge >= 0.3 is 18.0 Å². The van der Waals surface area contributed by atoms with Crippen molar-refractivity contribution in [2.45, 2.75) is 38.8 Å².